The van der Waals surface area contributed by atoms with Crippen LogP contribution >= 0.6 is 24.0 Å². The molecular weight excluding hydrogens is 482 g/mol. The third-order valence-corrected chi connectivity index (χ3v) is 4.37. The minimum atomic E-state index is -0.239. The smallest absolute Gasteiger partial charge is 0.251 e. The first-order chi connectivity index (χ1) is 13.5. The molecule has 0 saturated heterocycles. The molecule has 29 heavy (non-hydrogen) atoms. The highest BCUT2D eigenvalue weighted by atomic mass is 127. The van der Waals surface area contributed by atoms with Crippen LogP contribution in [0.2, 0.25) is 0 Å². The fraction of sp³-hybridized carbons (Fsp3) is 0.364. The maximum Gasteiger partial charge on any atom is 0.251 e. The van der Waals surface area contributed by atoms with Gasteiger partial charge >= 0.3 is 0 Å². The van der Waals surface area contributed by atoms with Gasteiger partial charge in [0.2, 0.25) is 0 Å². The minimum Gasteiger partial charge on any atom is -0.357 e. The standard InChI is InChI=1S/C22H29FN4O.HI/c1-4-16(3)27-21(28)18-12-10-17(11-13-18)14-25-22(24-5-2)26-15-19-8-6-7-9-20(19)23;/h6-13,16H,4-5,14-15H2,1-3H3,(H,27,28)(H2,24,25,26);1H. The van der Waals surface area contributed by atoms with Crippen LogP contribution in [0, 0.1) is 5.82 Å². The average Bonchev–Trinajstić information content (AvgIpc) is 2.71. The fourth-order valence-corrected chi connectivity index (χ4v) is 2.50. The molecule has 0 radical (unpaired) electrons. The number of nitrogens with one attached hydrogen (secondary N) is 3. The maximum atomic E-state index is 13.7. The molecule has 7 heteroatoms. The van der Waals surface area contributed by atoms with Crippen molar-refractivity contribution in [3.8, 4) is 0 Å². The number of benzene rings is 2. The van der Waals surface area contributed by atoms with Crippen LogP contribution in [0.5, 0.6) is 0 Å². The summed E-state index contributed by atoms with van der Waals surface area (Å²) in [5.74, 6) is 0.311. The number of hydrogen-bond donors (Lipinski definition) is 3. The molecule has 0 aliphatic heterocycles. The van der Waals surface area contributed by atoms with E-state index in [2.05, 4.69) is 20.9 Å². The largest absolute Gasteiger partial charge is 0.357 e. The van der Waals surface area contributed by atoms with Crippen molar-refractivity contribution in [2.75, 3.05) is 6.54 Å². The van der Waals surface area contributed by atoms with Gasteiger partial charge in [0.25, 0.3) is 5.91 Å². The third-order valence-electron chi connectivity index (χ3n) is 4.37. The SMILES string of the molecule is CCNC(=NCc1ccc(C(=O)NC(C)CC)cc1)NCc1ccccc1F.I. The van der Waals surface area contributed by atoms with Crippen molar-refractivity contribution >= 4 is 35.8 Å². The second-order valence-corrected chi connectivity index (χ2v) is 6.62. The van der Waals surface area contributed by atoms with E-state index >= 15 is 0 Å². The molecule has 2 rings (SSSR count). The topological polar surface area (TPSA) is 65.5 Å². The lowest BCUT2D eigenvalue weighted by atomic mass is 10.1. The van der Waals surface area contributed by atoms with Crippen LogP contribution in [0.3, 0.4) is 0 Å². The fourth-order valence-electron chi connectivity index (χ4n) is 2.50. The Morgan fingerprint density at radius 2 is 1.76 bits per heavy atom. The molecule has 2 aromatic carbocycles. The molecule has 0 aliphatic carbocycles. The Labute approximate surface area is 189 Å². The second-order valence-electron chi connectivity index (χ2n) is 6.62. The van der Waals surface area contributed by atoms with Crippen molar-refractivity contribution in [1.82, 2.24) is 16.0 Å². The van der Waals surface area contributed by atoms with Crippen LogP contribution in [-0.4, -0.2) is 24.5 Å². The number of carbonyl (C=O) groups excluding carboxylic acids is 1. The third kappa shape index (κ3) is 8.39. The monoisotopic (exact) mass is 512 g/mol. The number of hydrogen-bond acceptors (Lipinski definition) is 2. The van der Waals surface area contributed by atoms with E-state index in [9.17, 15) is 9.18 Å². The Hall–Kier alpha value is -2.16. The van der Waals surface area contributed by atoms with Crippen LogP contribution < -0.4 is 16.0 Å². The molecule has 3 N–H and O–H groups in total. The highest BCUT2D eigenvalue weighted by molar-refractivity contribution is 14.0. The summed E-state index contributed by atoms with van der Waals surface area (Å²) in [6.07, 6.45) is 0.894. The Morgan fingerprint density at radius 3 is 2.38 bits per heavy atom. The van der Waals surface area contributed by atoms with Crippen molar-refractivity contribution in [3.05, 3.63) is 71.0 Å². The summed E-state index contributed by atoms with van der Waals surface area (Å²) in [5, 5.41) is 9.24. The average molecular weight is 512 g/mol. The van der Waals surface area contributed by atoms with Crippen LogP contribution in [0.1, 0.15) is 48.7 Å². The van der Waals surface area contributed by atoms with E-state index < -0.39 is 0 Å². The summed E-state index contributed by atoms with van der Waals surface area (Å²) >= 11 is 0. The number of nitrogens with zero attached hydrogens (tertiary/aromatic N) is 1. The predicted octanol–water partition coefficient (Wildman–Crippen LogP) is 4.23. The molecule has 0 aromatic heterocycles. The summed E-state index contributed by atoms with van der Waals surface area (Å²) < 4.78 is 13.7. The zero-order valence-corrected chi connectivity index (χ0v) is 19.5. The molecule has 1 amide bonds. The second kappa shape index (κ2) is 13.1. The van der Waals surface area contributed by atoms with Gasteiger partial charge in [-0.3, -0.25) is 4.79 Å². The van der Waals surface area contributed by atoms with Gasteiger partial charge in [0.15, 0.2) is 5.96 Å². The highest BCUT2D eigenvalue weighted by Gasteiger charge is 2.08. The number of carbonyl (C=O) groups is 1. The van der Waals surface area contributed by atoms with E-state index in [1.54, 1.807) is 12.1 Å². The lowest BCUT2D eigenvalue weighted by Crippen LogP contribution is -2.37. The quantitative estimate of drug-likeness (QED) is 0.282. The Morgan fingerprint density at radius 1 is 1.07 bits per heavy atom. The van der Waals surface area contributed by atoms with Crippen molar-refractivity contribution in [2.45, 2.75) is 46.3 Å². The highest BCUT2D eigenvalue weighted by Crippen LogP contribution is 2.08. The molecule has 2 aromatic rings. The maximum absolute atomic E-state index is 13.7. The van der Waals surface area contributed by atoms with Gasteiger partial charge in [0.1, 0.15) is 5.82 Å². The van der Waals surface area contributed by atoms with Crippen molar-refractivity contribution in [2.24, 2.45) is 4.99 Å². The van der Waals surface area contributed by atoms with E-state index in [-0.39, 0.29) is 41.7 Å². The minimum absolute atomic E-state index is 0. The molecule has 0 spiro atoms. The first-order valence-corrected chi connectivity index (χ1v) is 9.68. The number of guanidine groups is 1. The normalized spacial score (nSPS) is 11.9. The molecule has 1 unspecified atom stereocenters. The van der Waals surface area contributed by atoms with Crippen LogP contribution in [0.25, 0.3) is 0 Å². The Balaban J connectivity index is 0.00000420. The molecule has 0 saturated carbocycles. The molecule has 5 nitrogen and oxygen atoms in total. The van der Waals surface area contributed by atoms with Crippen molar-refractivity contribution in [1.29, 1.82) is 0 Å². The lowest BCUT2D eigenvalue weighted by Gasteiger charge is -2.12. The zero-order chi connectivity index (χ0) is 20.4. The predicted molar refractivity (Wildman–Crippen MR) is 127 cm³/mol. The molecule has 1 atom stereocenters. The van der Waals surface area contributed by atoms with E-state index in [0.29, 0.717) is 36.7 Å². The van der Waals surface area contributed by atoms with Gasteiger partial charge in [-0.1, -0.05) is 37.3 Å². The van der Waals surface area contributed by atoms with Crippen LogP contribution in [0.15, 0.2) is 53.5 Å². The summed E-state index contributed by atoms with van der Waals surface area (Å²) in [4.78, 5) is 16.7. The van der Waals surface area contributed by atoms with Crippen LogP contribution in [0.4, 0.5) is 4.39 Å². The molecule has 0 aliphatic rings. The molecular formula is C22H30FIN4O. The summed E-state index contributed by atoms with van der Waals surface area (Å²) in [5.41, 5.74) is 2.21. The van der Waals surface area contributed by atoms with Gasteiger partial charge in [-0.05, 0) is 44.0 Å². The van der Waals surface area contributed by atoms with Gasteiger partial charge in [-0.15, -0.1) is 24.0 Å². The molecule has 0 heterocycles. The number of aliphatic imine (C=N–C) groups is 1. The molecule has 158 valence electrons. The van der Waals surface area contributed by atoms with E-state index in [0.717, 1.165) is 12.0 Å². The van der Waals surface area contributed by atoms with Crippen molar-refractivity contribution < 1.29 is 9.18 Å². The van der Waals surface area contributed by atoms with Gasteiger partial charge in [0.05, 0.1) is 6.54 Å². The summed E-state index contributed by atoms with van der Waals surface area (Å²) in [7, 11) is 0. The van der Waals surface area contributed by atoms with E-state index in [1.807, 2.05) is 51.1 Å². The first-order valence-electron chi connectivity index (χ1n) is 9.68. The van der Waals surface area contributed by atoms with Gasteiger partial charge in [-0.2, -0.15) is 0 Å². The zero-order valence-electron chi connectivity index (χ0n) is 17.2. The Kier molecular flexibility index (Phi) is 11.3. The molecule has 0 bridgehead atoms. The van der Waals surface area contributed by atoms with Crippen molar-refractivity contribution in [3.63, 3.8) is 0 Å². The van der Waals surface area contributed by atoms with E-state index in [1.165, 1.54) is 6.07 Å². The van der Waals surface area contributed by atoms with Crippen LogP contribution in [-0.2, 0) is 13.1 Å². The van der Waals surface area contributed by atoms with Gasteiger partial charge < -0.3 is 16.0 Å². The first kappa shape index (κ1) is 24.9. The summed E-state index contributed by atoms with van der Waals surface area (Å²) in [6.45, 7) is 7.52. The number of rotatable bonds is 8. The Bertz CT molecular complexity index is 796. The summed E-state index contributed by atoms with van der Waals surface area (Å²) in [6, 6.07) is 14.2. The van der Waals surface area contributed by atoms with E-state index in [4.69, 9.17) is 0 Å². The molecule has 0 fully saturated rings. The number of halogens is 2. The lowest BCUT2D eigenvalue weighted by molar-refractivity contribution is 0.0939. The van der Waals surface area contributed by atoms with Gasteiger partial charge in [0, 0.05) is 30.3 Å². The van der Waals surface area contributed by atoms with Gasteiger partial charge in [-0.25, -0.2) is 9.38 Å². The number of amides is 1.